The molecule has 0 spiro atoms. The second-order valence-corrected chi connectivity index (χ2v) is 6.81. The first-order chi connectivity index (χ1) is 11.2. The number of piperazine rings is 1. The molecule has 1 atom stereocenters. The maximum atomic E-state index is 12.4. The van der Waals surface area contributed by atoms with Crippen LogP contribution in [0.4, 0.5) is 0 Å². The number of rotatable bonds is 4. The Morgan fingerprint density at radius 2 is 2.04 bits per heavy atom. The van der Waals surface area contributed by atoms with Gasteiger partial charge in [0.1, 0.15) is 0 Å². The third-order valence-corrected chi connectivity index (χ3v) is 5.14. The van der Waals surface area contributed by atoms with E-state index in [0.29, 0.717) is 18.1 Å². The number of amides is 1. The van der Waals surface area contributed by atoms with E-state index < -0.39 is 0 Å². The van der Waals surface area contributed by atoms with E-state index in [0.717, 1.165) is 24.2 Å². The predicted molar refractivity (Wildman–Crippen MR) is 93.1 cm³/mol. The van der Waals surface area contributed by atoms with E-state index in [1.54, 1.807) is 0 Å². The molecule has 0 bridgehead atoms. The van der Waals surface area contributed by atoms with Crippen molar-refractivity contribution in [2.24, 2.45) is 0 Å². The summed E-state index contributed by atoms with van der Waals surface area (Å²) in [5.41, 5.74) is 1.77. The Morgan fingerprint density at radius 3 is 2.65 bits per heavy atom. The van der Waals surface area contributed by atoms with Crippen molar-refractivity contribution >= 4 is 28.8 Å². The van der Waals surface area contributed by atoms with Gasteiger partial charge in [0.15, 0.2) is 0 Å². The lowest BCUT2D eigenvalue weighted by molar-refractivity contribution is 0.0478. The minimum absolute atomic E-state index is 0.0405. The SMILES string of the molecule is O=C(c1ccsc1)N1CCN([C@H](CO)c2cccc(Cl)c2)CC1. The lowest BCUT2D eigenvalue weighted by Gasteiger charge is -2.38. The Labute approximate surface area is 144 Å². The molecule has 1 amide bonds. The van der Waals surface area contributed by atoms with Gasteiger partial charge in [-0.2, -0.15) is 11.3 Å². The Morgan fingerprint density at radius 1 is 1.26 bits per heavy atom. The molecule has 0 saturated carbocycles. The Bertz CT molecular complexity index is 654. The summed E-state index contributed by atoms with van der Waals surface area (Å²) in [4.78, 5) is 16.5. The highest BCUT2D eigenvalue weighted by Crippen LogP contribution is 2.24. The third-order valence-electron chi connectivity index (χ3n) is 4.22. The maximum Gasteiger partial charge on any atom is 0.254 e. The van der Waals surface area contributed by atoms with Crippen LogP contribution in [0.3, 0.4) is 0 Å². The summed E-state index contributed by atoms with van der Waals surface area (Å²) in [6, 6.07) is 9.39. The van der Waals surface area contributed by atoms with Crippen molar-refractivity contribution in [2.75, 3.05) is 32.8 Å². The van der Waals surface area contributed by atoms with Crippen LogP contribution in [0.15, 0.2) is 41.1 Å². The minimum atomic E-state index is -0.0768. The molecule has 3 rings (SSSR count). The fraction of sp³-hybridized carbons (Fsp3) is 0.353. The number of hydrogen-bond donors (Lipinski definition) is 1. The van der Waals surface area contributed by atoms with Crippen molar-refractivity contribution in [2.45, 2.75) is 6.04 Å². The predicted octanol–water partition coefficient (Wildman–Crippen LogP) is 2.89. The Kier molecular flexibility index (Phi) is 5.33. The zero-order valence-corrected chi connectivity index (χ0v) is 14.3. The van der Waals surface area contributed by atoms with Crippen LogP contribution in [0.2, 0.25) is 5.02 Å². The molecule has 0 aliphatic carbocycles. The second kappa shape index (κ2) is 7.45. The van der Waals surface area contributed by atoms with Gasteiger partial charge >= 0.3 is 0 Å². The first-order valence-electron chi connectivity index (χ1n) is 7.61. The second-order valence-electron chi connectivity index (χ2n) is 5.59. The summed E-state index contributed by atoms with van der Waals surface area (Å²) in [6.45, 7) is 2.87. The van der Waals surface area contributed by atoms with Crippen LogP contribution in [-0.2, 0) is 0 Å². The lowest BCUT2D eigenvalue weighted by Crippen LogP contribution is -2.50. The zero-order valence-electron chi connectivity index (χ0n) is 12.7. The molecule has 4 nitrogen and oxygen atoms in total. The van der Waals surface area contributed by atoms with Gasteiger partial charge in [0.05, 0.1) is 18.2 Å². The number of nitrogens with zero attached hydrogens (tertiary/aromatic N) is 2. The number of aliphatic hydroxyl groups is 1. The molecule has 1 fully saturated rings. The molecule has 122 valence electrons. The first-order valence-corrected chi connectivity index (χ1v) is 8.93. The molecular weight excluding hydrogens is 332 g/mol. The van der Waals surface area contributed by atoms with Crippen LogP contribution < -0.4 is 0 Å². The quantitative estimate of drug-likeness (QED) is 0.922. The van der Waals surface area contributed by atoms with Crippen LogP contribution >= 0.6 is 22.9 Å². The molecule has 0 unspecified atom stereocenters. The van der Waals surface area contributed by atoms with E-state index in [-0.39, 0.29) is 18.6 Å². The van der Waals surface area contributed by atoms with Gasteiger partial charge < -0.3 is 10.0 Å². The third kappa shape index (κ3) is 3.75. The van der Waals surface area contributed by atoms with Gasteiger partial charge in [-0.15, -0.1) is 0 Å². The molecule has 1 aliphatic rings. The van der Waals surface area contributed by atoms with Gasteiger partial charge in [-0.3, -0.25) is 9.69 Å². The van der Waals surface area contributed by atoms with Crippen molar-refractivity contribution in [3.05, 3.63) is 57.2 Å². The van der Waals surface area contributed by atoms with E-state index in [9.17, 15) is 9.90 Å². The molecule has 23 heavy (non-hydrogen) atoms. The number of carbonyl (C=O) groups is 1. The zero-order chi connectivity index (χ0) is 16.2. The number of aliphatic hydroxyl groups excluding tert-OH is 1. The first kappa shape index (κ1) is 16.5. The van der Waals surface area contributed by atoms with Crippen LogP contribution in [-0.4, -0.2) is 53.6 Å². The highest BCUT2D eigenvalue weighted by Gasteiger charge is 2.27. The smallest absolute Gasteiger partial charge is 0.254 e. The van der Waals surface area contributed by atoms with Gasteiger partial charge in [0, 0.05) is 36.6 Å². The monoisotopic (exact) mass is 350 g/mol. The highest BCUT2D eigenvalue weighted by molar-refractivity contribution is 7.08. The van der Waals surface area contributed by atoms with Gasteiger partial charge in [0.2, 0.25) is 0 Å². The maximum absolute atomic E-state index is 12.4. The van der Waals surface area contributed by atoms with Gasteiger partial charge in [0.25, 0.3) is 5.91 Å². The summed E-state index contributed by atoms with van der Waals surface area (Å²) in [6.07, 6.45) is 0. The van der Waals surface area contributed by atoms with Crippen LogP contribution in [0.25, 0.3) is 0 Å². The van der Waals surface area contributed by atoms with Crippen molar-refractivity contribution in [1.82, 2.24) is 9.80 Å². The van der Waals surface area contributed by atoms with E-state index in [1.165, 1.54) is 11.3 Å². The van der Waals surface area contributed by atoms with Gasteiger partial charge in [-0.25, -0.2) is 0 Å². The average molecular weight is 351 g/mol. The average Bonchev–Trinajstić information content (AvgIpc) is 3.10. The number of carbonyl (C=O) groups excluding carboxylic acids is 1. The molecule has 1 aromatic heterocycles. The standard InChI is InChI=1S/C17H19ClN2O2S/c18-15-3-1-2-13(10-15)16(11-21)19-5-7-20(8-6-19)17(22)14-4-9-23-12-14/h1-4,9-10,12,16,21H,5-8,11H2/t16-/m1/s1. The van der Waals surface area contributed by atoms with Crippen LogP contribution in [0, 0.1) is 0 Å². The van der Waals surface area contributed by atoms with Crippen molar-refractivity contribution < 1.29 is 9.90 Å². The number of thiophene rings is 1. The summed E-state index contributed by atoms with van der Waals surface area (Å²) >= 11 is 7.59. The van der Waals surface area contributed by atoms with Crippen LogP contribution in [0.1, 0.15) is 22.0 Å². The molecular formula is C17H19ClN2O2S. The van der Waals surface area contributed by atoms with Gasteiger partial charge in [-0.05, 0) is 29.1 Å². The highest BCUT2D eigenvalue weighted by atomic mass is 35.5. The number of halogens is 1. The molecule has 1 aromatic carbocycles. The van der Waals surface area contributed by atoms with Crippen molar-refractivity contribution in [3.63, 3.8) is 0 Å². The number of benzene rings is 1. The molecule has 1 saturated heterocycles. The summed E-state index contributed by atoms with van der Waals surface area (Å²) in [5.74, 6) is 0.0919. The topological polar surface area (TPSA) is 43.8 Å². The summed E-state index contributed by atoms with van der Waals surface area (Å²) in [5, 5.41) is 14.3. The molecule has 2 aromatic rings. The van der Waals surface area contributed by atoms with E-state index in [4.69, 9.17) is 11.6 Å². The van der Waals surface area contributed by atoms with E-state index in [1.807, 2.05) is 46.0 Å². The minimum Gasteiger partial charge on any atom is -0.394 e. The number of hydrogen-bond acceptors (Lipinski definition) is 4. The fourth-order valence-corrected chi connectivity index (χ4v) is 3.78. The Hall–Kier alpha value is -1.40. The molecule has 2 heterocycles. The van der Waals surface area contributed by atoms with Crippen molar-refractivity contribution in [1.29, 1.82) is 0 Å². The van der Waals surface area contributed by atoms with E-state index >= 15 is 0 Å². The molecule has 6 heteroatoms. The summed E-state index contributed by atoms with van der Waals surface area (Å²) < 4.78 is 0. The molecule has 1 N–H and O–H groups in total. The van der Waals surface area contributed by atoms with Crippen LogP contribution in [0.5, 0.6) is 0 Å². The summed E-state index contributed by atoms with van der Waals surface area (Å²) in [7, 11) is 0. The Balaban J connectivity index is 1.64. The van der Waals surface area contributed by atoms with E-state index in [2.05, 4.69) is 4.90 Å². The van der Waals surface area contributed by atoms with Crippen molar-refractivity contribution in [3.8, 4) is 0 Å². The van der Waals surface area contributed by atoms with Gasteiger partial charge in [-0.1, -0.05) is 23.7 Å². The lowest BCUT2D eigenvalue weighted by atomic mass is 10.0. The molecule has 1 aliphatic heterocycles. The normalized spacial score (nSPS) is 17.2. The fourth-order valence-electron chi connectivity index (χ4n) is 2.95. The largest absolute Gasteiger partial charge is 0.394 e. The molecule has 0 radical (unpaired) electrons.